The molecule has 0 N–H and O–H groups in total. The van der Waals surface area contributed by atoms with Crippen molar-refractivity contribution in [2.45, 2.75) is 38.0 Å². The van der Waals surface area contributed by atoms with E-state index in [0.29, 0.717) is 36.5 Å². The van der Waals surface area contributed by atoms with Crippen LogP contribution < -0.4 is 14.2 Å². The Morgan fingerprint density at radius 3 is 2.50 bits per heavy atom. The van der Waals surface area contributed by atoms with Gasteiger partial charge >= 0.3 is 0 Å². The van der Waals surface area contributed by atoms with E-state index in [4.69, 9.17) is 19.5 Å². The number of benzene rings is 1. The fourth-order valence-corrected chi connectivity index (χ4v) is 3.12. The SMILES string of the molecule is COc1cc2c(c(OC)c1OC)C(CCC#N)C(=O)CCC2. The first-order chi connectivity index (χ1) is 10.7. The van der Waals surface area contributed by atoms with E-state index in [9.17, 15) is 4.79 Å². The van der Waals surface area contributed by atoms with Gasteiger partial charge in [0.2, 0.25) is 5.75 Å². The highest BCUT2D eigenvalue weighted by Gasteiger charge is 2.32. The maximum absolute atomic E-state index is 12.5. The van der Waals surface area contributed by atoms with Crippen LogP contribution >= 0.6 is 0 Å². The standard InChI is InChI=1S/C17H21NO4/c1-20-14-10-11-6-4-8-13(19)12(7-5-9-18)15(11)17(22-3)16(14)21-2/h10,12H,4-8H2,1-3H3. The molecular weight excluding hydrogens is 282 g/mol. The average molecular weight is 303 g/mol. The molecule has 1 aromatic rings. The van der Waals surface area contributed by atoms with E-state index < -0.39 is 0 Å². The summed E-state index contributed by atoms with van der Waals surface area (Å²) in [6, 6.07) is 4.05. The lowest BCUT2D eigenvalue weighted by molar-refractivity contribution is -0.120. The molecule has 0 saturated heterocycles. The molecule has 0 fully saturated rings. The number of nitrogens with zero attached hydrogens (tertiary/aromatic N) is 1. The van der Waals surface area contributed by atoms with Crippen LogP contribution in [0.3, 0.4) is 0 Å². The van der Waals surface area contributed by atoms with Gasteiger partial charge in [-0.3, -0.25) is 4.79 Å². The Kier molecular flexibility index (Phi) is 5.26. The van der Waals surface area contributed by atoms with Gasteiger partial charge in [0.25, 0.3) is 0 Å². The van der Waals surface area contributed by atoms with Crippen molar-refractivity contribution in [3.05, 3.63) is 17.2 Å². The Bertz CT molecular complexity index is 604. The highest BCUT2D eigenvalue weighted by atomic mass is 16.5. The second-order valence-electron chi connectivity index (χ2n) is 5.29. The van der Waals surface area contributed by atoms with Crippen LogP contribution in [0.15, 0.2) is 6.07 Å². The summed E-state index contributed by atoms with van der Waals surface area (Å²) in [4.78, 5) is 12.5. The van der Waals surface area contributed by atoms with Gasteiger partial charge in [0.05, 0.1) is 27.4 Å². The Labute approximate surface area is 130 Å². The van der Waals surface area contributed by atoms with Gasteiger partial charge in [0, 0.05) is 24.3 Å². The second-order valence-corrected chi connectivity index (χ2v) is 5.29. The number of ketones is 1. The molecule has 2 rings (SSSR count). The molecule has 0 spiro atoms. The van der Waals surface area contributed by atoms with E-state index in [1.54, 1.807) is 21.3 Å². The van der Waals surface area contributed by atoms with Gasteiger partial charge in [-0.1, -0.05) is 0 Å². The molecule has 118 valence electrons. The summed E-state index contributed by atoms with van der Waals surface area (Å²) >= 11 is 0. The molecule has 1 aliphatic carbocycles. The normalized spacial score (nSPS) is 17.2. The molecule has 0 saturated carbocycles. The van der Waals surface area contributed by atoms with Crippen LogP contribution in [0, 0.1) is 11.3 Å². The van der Waals surface area contributed by atoms with E-state index in [0.717, 1.165) is 24.0 Å². The summed E-state index contributed by atoms with van der Waals surface area (Å²) in [7, 11) is 4.70. The van der Waals surface area contributed by atoms with Gasteiger partial charge < -0.3 is 14.2 Å². The van der Waals surface area contributed by atoms with Crippen molar-refractivity contribution >= 4 is 5.78 Å². The lowest BCUT2D eigenvalue weighted by Crippen LogP contribution is -2.13. The number of carbonyl (C=O) groups excluding carboxylic acids is 1. The predicted octanol–water partition coefficient (Wildman–Crippen LogP) is 3.01. The van der Waals surface area contributed by atoms with Crippen molar-refractivity contribution in [3.63, 3.8) is 0 Å². The molecule has 1 unspecified atom stereocenters. The van der Waals surface area contributed by atoms with Crippen molar-refractivity contribution in [1.29, 1.82) is 5.26 Å². The zero-order valence-electron chi connectivity index (χ0n) is 13.3. The third kappa shape index (κ3) is 2.87. The molecule has 0 radical (unpaired) electrons. The highest BCUT2D eigenvalue weighted by Crippen LogP contribution is 2.47. The Balaban J connectivity index is 2.65. The fraction of sp³-hybridized carbons (Fsp3) is 0.529. The zero-order chi connectivity index (χ0) is 16.1. The molecule has 0 aliphatic heterocycles. The highest BCUT2D eigenvalue weighted by molar-refractivity contribution is 5.88. The van der Waals surface area contributed by atoms with Gasteiger partial charge in [-0.2, -0.15) is 5.26 Å². The number of Topliss-reactive ketones (excluding diaryl/α,β-unsaturated/α-hetero) is 1. The first-order valence-electron chi connectivity index (χ1n) is 7.39. The number of rotatable bonds is 5. The van der Waals surface area contributed by atoms with Crippen LogP contribution in [-0.2, 0) is 11.2 Å². The van der Waals surface area contributed by atoms with Crippen LogP contribution in [0.4, 0.5) is 0 Å². The minimum Gasteiger partial charge on any atom is -0.493 e. The molecule has 0 amide bonds. The largest absolute Gasteiger partial charge is 0.493 e. The Morgan fingerprint density at radius 1 is 1.18 bits per heavy atom. The zero-order valence-corrected chi connectivity index (χ0v) is 13.3. The monoisotopic (exact) mass is 303 g/mol. The van der Waals surface area contributed by atoms with E-state index in [2.05, 4.69) is 6.07 Å². The van der Waals surface area contributed by atoms with Crippen molar-refractivity contribution in [3.8, 4) is 23.3 Å². The molecule has 0 bridgehead atoms. The third-order valence-corrected chi connectivity index (χ3v) is 4.11. The molecule has 0 heterocycles. The number of hydrogen-bond acceptors (Lipinski definition) is 5. The number of nitriles is 1. The van der Waals surface area contributed by atoms with Crippen molar-refractivity contribution in [1.82, 2.24) is 0 Å². The molecule has 1 aliphatic rings. The van der Waals surface area contributed by atoms with Gasteiger partial charge in [-0.15, -0.1) is 0 Å². The number of hydrogen-bond donors (Lipinski definition) is 0. The van der Waals surface area contributed by atoms with Crippen LogP contribution in [0.2, 0.25) is 0 Å². The van der Waals surface area contributed by atoms with E-state index in [-0.39, 0.29) is 11.7 Å². The topological polar surface area (TPSA) is 68.6 Å². The lowest BCUT2D eigenvalue weighted by atomic mass is 9.87. The summed E-state index contributed by atoms with van der Waals surface area (Å²) in [6.07, 6.45) is 2.97. The molecule has 0 aromatic heterocycles. The van der Waals surface area contributed by atoms with Crippen LogP contribution in [0.5, 0.6) is 17.2 Å². The number of aryl methyl sites for hydroxylation is 1. The first kappa shape index (κ1) is 16.2. The minimum absolute atomic E-state index is 0.166. The number of ether oxygens (including phenoxy) is 3. The molecule has 22 heavy (non-hydrogen) atoms. The fourth-order valence-electron chi connectivity index (χ4n) is 3.12. The minimum atomic E-state index is -0.313. The third-order valence-electron chi connectivity index (χ3n) is 4.11. The predicted molar refractivity (Wildman–Crippen MR) is 81.6 cm³/mol. The van der Waals surface area contributed by atoms with Crippen LogP contribution in [0.1, 0.15) is 42.7 Å². The van der Waals surface area contributed by atoms with E-state index in [1.807, 2.05) is 6.07 Å². The summed E-state index contributed by atoms with van der Waals surface area (Å²) in [5, 5.41) is 8.87. The molecule has 5 heteroatoms. The average Bonchev–Trinajstić information content (AvgIpc) is 2.69. The number of carbonyl (C=O) groups is 1. The van der Waals surface area contributed by atoms with Gasteiger partial charge in [-0.05, 0) is 30.9 Å². The van der Waals surface area contributed by atoms with Crippen LogP contribution in [0.25, 0.3) is 0 Å². The molecule has 1 atom stereocenters. The van der Waals surface area contributed by atoms with Crippen molar-refractivity contribution in [2.24, 2.45) is 0 Å². The van der Waals surface area contributed by atoms with Crippen LogP contribution in [-0.4, -0.2) is 27.1 Å². The maximum Gasteiger partial charge on any atom is 0.203 e. The van der Waals surface area contributed by atoms with Gasteiger partial charge in [0.1, 0.15) is 5.78 Å². The van der Waals surface area contributed by atoms with Gasteiger partial charge in [0.15, 0.2) is 11.5 Å². The second kappa shape index (κ2) is 7.17. The van der Waals surface area contributed by atoms with E-state index in [1.165, 1.54) is 0 Å². The molecular formula is C17H21NO4. The van der Waals surface area contributed by atoms with E-state index >= 15 is 0 Å². The Hall–Kier alpha value is -2.22. The van der Waals surface area contributed by atoms with Gasteiger partial charge in [-0.25, -0.2) is 0 Å². The maximum atomic E-state index is 12.5. The lowest BCUT2D eigenvalue weighted by Gasteiger charge is -2.22. The summed E-state index contributed by atoms with van der Waals surface area (Å²) in [5.41, 5.74) is 1.90. The summed E-state index contributed by atoms with van der Waals surface area (Å²) in [5.74, 6) is 1.51. The van der Waals surface area contributed by atoms with Crippen molar-refractivity contribution in [2.75, 3.05) is 21.3 Å². The molecule has 5 nitrogen and oxygen atoms in total. The summed E-state index contributed by atoms with van der Waals surface area (Å²) in [6.45, 7) is 0. The number of methoxy groups -OCH3 is 3. The Morgan fingerprint density at radius 2 is 1.91 bits per heavy atom. The molecule has 1 aromatic carbocycles. The quantitative estimate of drug-likeness (QED) is 0.782. The smallest absolute Gasteiger partial charge is 0.203 e. The number of fused-ring (bicyclic) bond motifs is 1. The first-order valence-corrected chi connectivity index (χ1v) is 7.39. The van der Waals surface area contributed by atoms with Crippen molar-refractivity contribution < 1.29 is 19.0 Å². The summed E-state index contributed by atoms with van der Waals surface area (Å²) < 4.78 is 16.4.